The fourth-order valence-corrected chi connectivity index (χ4v) is 3.98. The van der Waals surface area contributed by atoms with Crippen molar-refractivity contribution in [2.75, 3.05) is 19.0 Å². The molecule has 0 saturated carbocycles. The zero-order chi connectivity index (χ0) is 11.7. The van der Waals surface area contributed by atoms with Crippen LogP contribution in [-0.2, 0) is 10.0 Å². The second-order valence-corrected chi connectivity index (χ2v) is 7.77. The van der Waals surface area contributed by atoms with Crippen molar-refractivity contribution in [3.8, 4) is 0 Å². The molecule has 0 aromatic heterocycles. The van der Waals surface area contributed by atoms with Gasteiger partial charge >= 0.3 is 0 Å². The van der Waals surface area contributed by atoms with Crippen LogP contribution >= 0.6 is 11.6 Å². The standard InChI is InChI=1S/C10H20ClNO2S/c1-9(7-11)15(13,14)12-6-4-5-10(2,3)8-12/h9H,4-8H2,1-3H3. The number of sulfonamides is 1. The van der Waals surface area contributed by atoms with Crippen LogP contribution in [0.4, 0.5) is 0 Å². The Kier molecular flexibility index (Phi) is 4.07. The van der Waals surface area contributed by atoms with E-state index in [1.807, 2.05) is 0 Å². The molecule has 5 heteroatoms. The third kappa shape index (κ3) is 3.08. The van der Waals surface area contributed by atoms with Gasteiger partial charge in [-0.15, -0.1) is 11.6 Å². The third-order valence-corrected chi connectivity index (χ3v) is 5.81. The highest BCUT2D eigenvalue weighted by molar-refractivity contribution is 7.89. The molecule has 3 nitrogen and oxygen atoms in total. The van der Waals surface area contributed by atoms with Crippen molar-refractivity contribution < 1.29 is 8.42 Å². The summed E-state index contributed by atoms with van der Waals surface area (Å²) in [5.41, 5.74) is 0.0946. The van der Waals surface area contributed by atoms with Crippen LogP contribution in [0, 0.1) is 5.41 Å². The molecule has 1 atom stereocenters. The zero-order valence-electron chi connectivity index (χ0n) is 9.66. The summed E-state index contributed by atoms with van der Waals surface area (Å²) < 4.78 is 25.7. The van der Waals surface area contributed by atoms with E-state index in [1.165, 1.54) is 0 Å². The Labute approximate surface area is 97.8 Å². The summed E-state index contributed by atoms with van der Waals surface area (Å²) in [6.45, 7) is 7.16. The Balaban J connectivity index is 2.80. The molecule has 0 N–H and O–H groups in total. The molecule has 15 heavy (non-hydrogen) atoms. The van der Waals surface area contributed by atoms with Gasteiger partial charge in [0.15, 0.2) is 0 Å². The molecular formula is C10H20ClNO2S. The lowest BCUT2D eigenvalue weighted by molar-refractivity contribution is 0.186. The summed E-state index contributed by atoms with van der Waals surface area (Å²) in [6.07, 6.45) is 2.04. The van der Waals surface area contributed by atoms with E-state index < -0.39 is 15.3 Å². The molecule has 0 aromatic rings. The van der Waals surface area contributed by atoms with E-state index >= 15 is 0 Å². The van der Waals surface area contributed by atoms with Gasteiger partial charge in [-0.05, 0) is 25.2 Å². The van der Waals surface area contributed by atoms with Gasteiger partial charge in [0.25, 0.3) is 0 Å². The van der Waals surface area contributed by atoms with E-state index in [4.69, 9.17) is 11.6 Å². The van der Waals surface area contributed by atoms with E-state index in [0.717, 1.165) is 12.8 Å². The monoisotopic (exact) mass is 253 g/mol. The van der Waals surface area contributed by atoms with Crippen LogP contribution in [0.2, 0.25) is 0 Å². The number of piperidine rings is 1. The van der Waals surface area contributed by atoms with Gasteiger partial charge in [-0.1, -0.05) is 13.8 Å². The molecule has 90 valence electrons. The minimum atomic E-state index is -3.18. The second-order valence-electron chi connectivity index (χ2n) is 5.11. The predicted molar refractivity (Wildman–Crippen MR) is 63.7 cm³/mol. The Morgan fingerprint density at radius 3 is 2.53 bits per heavy atom. The van der Waals surface area contributed by atoms with E-state index in [-0.39, 0.29) is 11.3 Å². The minimum absolute atomic E-state index is 0.0946. The van der Waals surface area contributed by atoms with Gasteiger partial charge in [0, 0.05) is 19.0 Å². The molecule has 0 bridgehead atoms. The maximum absolute atomic E-state index is 12.0. The summed E-state index contributed by atoms with van der Waals surface area (Å²) in [5.74, 6) is 0.166. The van der Waals surface area contributed by atoms with Crippen LogP contribution < -0.4 is 0 Å². The van der Waals surface area contributed by atoms with Crippen molar-refractivity contribution in [2.45, 2.75) is 38.9 Å². The summed E-state index contributed by atoms with van der Waals surface area (Å²) in [6, 6.07) is 0. The van der Waals surface area contributed by atoms with Gasteiger partial charge in [-0.2, -0.15) is 0 Å². The van der Waals surface area contributed by atoms with E-state index in [1.54, 1.807) is 11.2 Å². The van der Waals surface area contributed by atoms with Crippen LogP contribution in [0.3, 0.4) is 0 Å². The molecule has 0 spiro atoms. The Morgan fingerprint density at radius 1 is 1.47 bits per heavy atom. The maximum Gasteiger partial charge on any atom is 0.217 e. The maximum atomic E-state index is 12.0. The molecule has 1 heterocycles. The van der Waals surface area contributed by atoms with Gasteiger partial charge in [0.2, 0.25) is 10.0 Å². The molecule has 1 aliphatic heterocycles. The first kappa shape index (κ1) is 13.3. The highest BCUT2D eigenvalue weighted by Crippen LogP contribution is 2.30. The van der Waals surface area contributed by atoms with Crippen molar-refractivity contribution in [1.82, 2.24) is 4.31 Å². The van der Waals surface area contributed by atoms with Crippen LogP contribution in [0.1, 0.15) is 33.6 Å². The number of nitrogens with zero attached hydrogens (tertiary/aromatic N) is 1. The van der Waals surface area contributed by atoms with Crippen LogP contribution in [0.25, 0.3) is 0 Å². The Hall–Kier alpha value is 0.200. The second kappa shape index (κ2) is 4.60. The molecule has 0 radical (unpaired) electrons. The number of hydrogen-bond acceptors (Lipinski definition) is 2. The average Bonchev–Trinajstić information content (AvgIpc) is 2.15. The zero-order valence-corrected chi connectivity index (χ0v) is 11.2. The highest BCUT2D eigenvalue weighted by atomic mass is 35.5. The number of hydrogen-bond donors (Lipinski definition) is 0. The SMILES string of the molecule is CC(CCl)S(=O)(=O)N1CCCC(C)(C)C1. The fourth-order valence-electron chi connectivity index (χ4n) is 1.92. The normalized spacial score (nSPS) is 25.1. The van der Waals surface area contributed by atoms with Gasteiger partial charge in [0.05, 0.1) is 5.25 Å². The van der Waals surface area contributed by atoms with Gasteiger partial charge in [0.1, 0.15) is 0 Å². The first-order valence-corrected chi connectivity index (χ1v) is 7.38. The number of halogens is 1. The Bertz CT molecular complexity index is 313. The molecule has 1 unspecified atom stereocenters. The van der Waals surface area contributed by atoms with Crippen molar-refractivity contribution in [2.24, 2.45) is 5.41 Å². The molecule has 0 aromatic carbocycles. The summed E-state index contributed by atoms with van der Waals surface area (Å²) >= 11 is 5.62. The molecule has 1 fully saturated rings. The average molecular weight is 254 g/mol. The van der Waals surface area contributed by atoms with Crippen LogP contribution in [0.5, 0.6) is 0 Å². The minimum Gasteiger partial charge on any atom is -0.212 e. The van der Waals surface area contributed by atoms with Gasteiger partial charge < -0.3 is 0 Å². The lowest BCUT2D eigenvalue weighted by Crippen LogP contribution is -2.47. The van der Waals surface area contributed by atoms with Gasteiger partial charge in [-0.3, -0.25) is 0 Å². The van der Waals surface area contributed by atoms with Crippen LogP contribution in [0.15, 0.2) is 0 Å². The van der Waals surface area contributed by atoms with E-state index in [0.29, 0.717) is 13.1 Å². The quantitative estimate of drug-likeness (QED) is 0.722. The smallest absolute Gasteiger partial charge is 0.212 e. The lowest BCUT2D eigenvalue weighted by atomic mass is 9.85. The summed E-state index contributed by atoms with van der Waals surface area (Å²) in [4.78, 5) is 0. The molecule has 0 amide bonds. The largest absolute Gasteiger partial charge is 0.217 e. The van der Waals surface area contributed by atoms with Crippen molar-refractivity contribution in [3.63, 3.8) is 0 Å². The summed E-state index contributed by atoms with van der Waals surface area (Å²) in [7, 11) is -3.18. The molecule has 1 saturated heterocycles. The fraction of sp³-hybridized carbons (Fsp3) is 1.00. The van der Waals surface area contributed by atoms with E-state index in [2.05, 4.69) is 13.8 Å². The molecule has 1 rings (SSSR count). The molecule has 0 aliphatic carbocycles. The third-order valence-electron chi connectivity index (χ3n) is 2.95. The van der Waals surface area contributed by atoms with Gasteiger partial charge in [-0.25, -0.2) is 12.7 Å². The van der Waals surface area contributed by atoms with Crippen molar-refractivity contribution in [3.05, 3.63) is 0 Å². The first-order chi connectivity index (χ1) is 6.79. The topological polar surface area (TPSA) is 37.4 Å². The van der Waals surface area contributed by atoms with E-state index in [9.17, 15) is 8.42 Å². The highest BCUT2D eigenvalue weighted by Gasteiger charge is 2.35. The van der Waals surface area contributed by atoms with Crippen molar-refractivity contribution >= 4 is 21.6 Å². The molecule has 1 aliphatic rings. The number of alkyl halides is 1. The Morgan fingerprint density at radius 2 is 2.07 bits per heavy atom. The predicted octanol–water partition coefficient (Wildman–Crippen LogP) is 2.07. The first-order valence-electron chi connectivity index (χ1n) is 5.34. The summed E-state index contributed by atoms with van der Waals surface area (Å²) in [5, 5.41) is -0.479. The molecular weight excluding hydrogens is 234 g/mol. The van der Waals surface area contributed by atoms with Crippen molar-refractivity contribution in [1.29, 1.82) is 0 Å². The lowest BCUT2D eigenvalue weighted by Gasteiger charge is -2.38. The van der Waals surface area contributed by atoms with Crippen LogP contribution in [-0.4, -0.2) is 36.9 Å². The number of rotatable bonds is 3.